The monoisotopic (exact) mass is 247 g/mol. The summed E-state index contributed by atoms with van der Waals surface area (Å²) in [5, 5.41) is 1.17. The molecule has 0 aliphatic carbocycles. The topological polar surface area (TPSA) is 29.4 Å². The zero-order valence-electron chi connectivity index (χ0n) is 10.1. The zero-order valence-corrected chi connectivity index (χ0v) is 10.9. The second kappa shape index (κ2) is 6.01. The highest BCUT2D eigenvalue weighted by Gasteiger charge is 2.11. The second-order valence-electron chi connectivity index (χ2n) is 4.12. The number of nitrogens with zero attached hydrogens (tertiary/aromatic N) is 1. The van der Waals surface area contributed by atoms with E-state index in [2.05, 4.69) is 23.2 Å². The van der Waals surface area contributed by atoms with E-state index in [0.717, 1.165) is 24.3 Å². The van der Waals surface area contributed by atoms with Gasteiger partial charge >= 0.3 is 0 Å². The number of benzene rings is 1. The fourth-order valence-electron chi connectivity index (χ4n) is 1.83. The summed E-state index contributed by atoms with van der Waals surface area (Å²) in [6, 6.07) is 8.29. The van der Waals surface area contributed by atoms with Gasteiger partial charge in [-0.2, -0.15) is 0 Å². The standard InChI is InChI=1S/C14H17NOS/c1-2-12(16)9-10-17-14-8-7-11-5-3-4-6-13(11)15-14/h3-6H,2,7-10H2,1H3. The average Bonchev–Trinajstić information content (AvgIpc) is 2.38. The van der Waals surface area contributed by atoms with Crippen molar-refractivity contribution in [2.24, 2.45) is 4.99 Å². The van der Waals surface area contributed by atoms with E-state index in [1.165, 1.54) is 10.6 Å². The first kappa shape index (κ1) is 12.4. The summed E-state index contributed by atoms with van der Waals surface area (Å²) in [5.74, 6) is 1.21. The van der Waals surface area contributed by atoms with E-state index >= 15 is 0 Å². The number of ketones is 1. The lowest BCUT2D eigenvalue weighted by Crippen LogP contribution is -2.04. The first-order valence-corrected chi connectivity index (χ1v) is 7.08. The summed E-state index contributed by atoms with van der Waals surface area (Å²) >= 11 is 1.73. The Bertz CT molecular complexity index is 440. The molecule has 1 aromatic carbocycles. The van der Waals surface area contributed by atoms with Crippen molar-refractivity contribution in [1.29, 1.82) is 0 Å². The molecule has 17 heavy (non-hydrogen) atoms. The molecule has 1 aliphatic rings. The number of Topliss-reactive ketones (excluding diaryl/α,β-unsaturated/α-hetero) is 1. The van der Waals surface area contributed by atoms with Crippen LogP contribution in [0.25, 0.3) is 0 Å². The molecule has 1 aliphatic heterocycles. The van der Waals surface area contributed by atoms with Gasteiger partial charge in [-0.15, -0.1) is 11.8 Å². The van der Waals surface area contributed by atoms with Gasteiger partial charge < -0.3 is 0 Å². The molecule has 90 valence electrons. The second-order valence-corrected chi connectivity index (χ2v) is 5.29. The Kier molecular flexibility index (Phi) is 4.37. The van der Waals surface area contributed by atoms with Crippen molar-refractivity contribution in [3.05, 3.63) is 29.8 Å². The molecule has 0 unspecified atom stereocenters. The van der Waals surface area contributed by atoms with Gasteiger partial charge in [0.2, 0.25) is 0 Å². The molecular formula is C14H17NOS. The molecule has 0 saturated heterocycles. The van der Waals surface area contributed by atoms with Crippen LogP contribution in [0.2, 0.25) is 0 Å². The summed E-state index contributed by atoms with van der Waals surface area (Å²) < 4.78 is 0. The van der Waals surface area contributed by atoms with E-state index < -0.39 is 0 Å². The molecule has 2 nitrogen and oxygen atoms in total. The summed E-state index contributed by atoms with van der Waals surface area (Å²) in [6.45, 7) is 1.92. The molecule has 1 heterocycles. The van der Waals surface area contributed by atoms with Crippen LogP contribution in [0.4, 0.5) is 5.69 Å². The van der Waals surface area contributed by atoms with Gasteiger partial charge in [0, 0.05) is 18.6 Å². The first-order valence-electron chi connectivity index (χ1n) is 6.09. The van der Waals surface area contributed by atoms with Crippen LogP contribution in [0.3, 0.4) is 0 Å². The maximum absolute atomic E-state index is 11.2. The highest BCUT2D eigenvalue weighted by Crippen LogP contribution is 2.28. The number of thioether (sulfide) groups is 1. The minimum absolute atomic E-state index is 0.342. The Morgan fingerprint density at radius 2 is 2.18 bits per heavy atom. The van der Waals surface area contributed by atoms with Crippen molar-refractivity contribution in [2.45, 2.75) is 32.6 Å². The van der Waals surface area contributed by atoms with Gasteiger partial charge in [0.05, 0.1) is 10.7 Å². The lowest BCUT2D eigenvalue weighted by atomic mass is 10.1. The average molecular weight is 247 g/mol. The number of fused-ring (bicyclic) bond motifs is 1. The molecule has 1 aromatic rings. The molecule has 0 aromatic heterocycles. The summed E-state index contributed by atoms with van der Waals surface area (Å²) in [4.78, 5) is 15.8. The lowest BCUT2D eigenvalue weighted by Gasteiger charge is -2.14. The lowest BCUT2D eigenvalue weighted by molar-refractivity contribution is -0.118. The normalized spacial score (nSPS) is 14.1. The smallest absolute Gasteiger partial charge is 0.133 e. The van der Waals surface area contributed by atoms with Crippen LogP contribution in [-0.2, 0) is 11.2 Å². The number of para-hydroxylation sites is 1. The van der Waals surface area contributed by atoms with Gasteiger partial charge in [-0.1, -0.05) is 25.1 Å². The van der Waals surface area contributed by atoms with E-state index in [1.807, 2.05) is 13.0 Å². The van der Waals surface area contributed by atoms with Crippen LogP contribution in [0.1, 0.15) is 31.7 Å². The number of carbonyl (C=O) groups is 1. The van der Waals surface area contributed by atoms with Gasteiger partial charge in [-0.25, -0.2) is 4.99 Å². The zero-order chi connectivity index (χ0) is 12.1. The number of hydrogen-bond donors (Lipinski definition) is 0. The summed E-state index contributed by atoms with van der Waals surface area (Å²) in [7, 11) is 0. The Morgan fingerprint density at radius 3 is 3.00 bits per heavy atom. The molecule has 0 fully saturated rings. The van der Waals surface area contributed by atoms with Crippen molar-refractivity contribution in [1.82, 2.24) is 0 Å². The van der Waals surface area contributed by atoms with E-state index in [4.69, 9.17) is 0 Å². The van der Waals surface area contributed by atoms with Crippen LogP contribution in [0.15, 0.2) is 29.3 Å². The first-order chi connectivity index (χ1) is 8.29. The van der Waals surface area contributed by atoms with Crippen molar-refractivity contribution in [2.75, 3.05) is 5.75 Å². The van der Waals surface area contributed by atoms with Crippen molar-refractivity contribution in [3.63, 3.8) is 0 Å². The number of aryl methyl sites for hydroxylation is 1. The maximum Gasteiger partial charge on any atom is 0.133 e. The van der Waals surface area contributed by atoms with Gasteiger partial charge in [-0.05, 0) is 24.5 Å². The molecule has 0 N–H and O–H groups in total. The van der Waals surface area contributed by atoms with Crippen molar-refractivity contribution in [3.8, 4) is 0 Å². The molecule has 0 radical (unpaired) electrons. The number of carbonyl (C=O) groups excluding carboxylic acids is 1. The van der Waals surface area contributed by atoms with Crippen LogP contribution < -0.4 is 0 Å². The van der Waals surface area contributed by atoms with Crippen LogP contribution >= 0.6 is 11.8 Å². The summed E-state index contributed by atoms with van der Waals surface area (Å²) in [6.07, 6.45) is 3.41. The predicted molar refractivity (Wildman–Crippen MR) is 74.2 cm³/mol. The minimum atomic E-state index is 0.342. The molecule has 0 amide bonds. The number of aliphatic imine (C=N–C) groups is 1. The summed E-state index contributed by atoms with van der Waals surface area (Å²) in [5.41, 5.74) is 2.43. The fourth-order valence-corrected chi connectivity index (χ4v) is 2.80. The van der Waals surface area contributed by atoms with Crippen LogP contribution in [0, 0.1) is 0 Å². The Morgan fingerprint density at radius 1 is 1.35 bits per heavy atom. The third kappa shape index (κ3) is 3.43. The maximum atomic E-state index is 11.2. The third-order valence-electron chi connectivity index (χ3n) is 2.89. The minimum Gasteiger partial charge on any atom is -0.300 e. The third-order valence-corrected chi connectivity index (χ3v) is 3.93. The van der Waals surface area contributed by atoms with E-state index in [-0.39, 0.29) is 0 Å². The van der Waals surface area contributed by atoms with Crippen LogP contribution in [-0.4, -0.2) is 16.6 Å². The van der Waals surface area contributed by atoms with Gasteiger partial charge in [0.1, 0.15) is 5.78 Å². The van der Waals surface area contributed by atoms with E-state index in [9.17, 15) is 4.79 Å². The highest BCUT2D eigenvalue weighted by molar-refractivity contribution is 8.13. The molecule has 0 bridgehead atoms. The predicted octanol–water partition coefficient (Wildman–Crippen LogP) is 3.77. The Labute approximate surface area is 107 Å². The van der Waals surface area contributed by atoms with Gasteiger partial charge in [0.15, 0.2) is 0 Å². The van der Waals surface area contributed by atoms with Crippen molar-refractivity contribution < 1.29 is 4.79 Å². The highest BCUT2D eigenvalue weighted by atomic mass is 32.2. The number of hydrogen-bond acceptors (Lipinski definition) is 3. The van der Waals surface area contributed by atoms with Crippen LogP contribution in [0.5, 0.6) is 0 Å². The molecular weight excluding hydrogens is 230 g/mol. The molecule has 2 rings (SSSR count). The largest absolute Gasteiger partial charge is 0.300 e. The quantitative estimate of drug-likeness (QED) is 0.810. The number of rotatable bonds is 4. The molecule has 0 spiro atoms. The van der Waals surface area contributed by atoms with E-state index in [0.29, 0.717) is 18.6 Å². The molecule has 3 heteroatoms. The van der Waals surface area contributed by atoms with Gasteiger partial charge in [-0.3, -0.25) is 4.79 Å². The molecule has 0 atom stereocenters. The fraction of sp³-hybridized carbons (Fsp3) is 0.429. The van der Waals surface area contributed by atoms with Gasteiger partial charge in [0.25, 0.3) is 0 Å². The van der Waals surface area contributed by atoms with E-state index in [1.54, 1.807) is 11.8 Å². The van der Waals surface area contributed by atoms with Crippen molar-refractivity contribution >= 4 is 28.3 Å². The Hall–Kier alpha value is -1.09. The SMILES string of the molecule is CCC(=O)CCSC1=Nc2ccccc2CC1. The molecule has 0 saturated carbocycles. The Balaban J connectivity index is 1.91.